The molecule has 0 spiro atoms. The van der Waals surface area contributed by atoms with Crippen LogP contribution in [-0.4, -0.2) is 25.6 Å². The van der Waals surface area contributed by atoms with E-state index >= 15 is 0 Å². The highest BCUT2D eigenvalue weighted by Crippen LogP contribution is 2.20. The van der Waals surface area contributed by atoms with Crippen molar-refractivity contribution in [3.8, 4) is 0 Å². The number of pyridine rings is 1. The van der Waals surface area contributed by atoms with Gasteiger partial charge in [0.05, 0.1) is 0 Å². The fourth-order valence-electron chi connectivity index (χ4n) is 2.54. The van der Waals surface area contributed by atoms with E-state index < -0.39 is 0 Å². The largest absolute Gasteiger partial charge is 0.374 e. The van der Waals surface area contributed by atoms with Crippen molar-refractivity contribution < 1.29 is 0 Å². The van der Waals surface area contributed by atoms with Crippen LogP contribution in [0.2, 0.25) is 0 Å². The van der Waals surface area contributed by atoms with Crippen LogP contribution in [0.1, 0.15) is 30.5 Å². The Morgan fingerprint density at radius 3 is 2.33 bits per heavy atom. The van der Waals surface area contributed by atoms with Crippen LogP contribution >= 0.6 is 0 Å². The van der Waals surface area contributed by atoms with Gasteiger partial charge in [0.15, 0.2) is 0 Å². The number of anilines is 1. The minimum atomic E-state index is 0.446. The molecule has 2 aromatic rings. The first-order valence-electron chi connectivity index (χ1n) is 7.62. The molecular weight excluding hydrogens is 258 g/mol. The molecule has 3 heteroatoms. The summed E-state index contributed by atoms with van der Waals surface area (Å²) in [6, 6.07) is 13.5. The summed E-state index contributed by atoms with van der Waals surface area (Å²) in [7, 11) is 4.16. The highest BCUT2D eigenvalue weighted by molar-refractivity contribution is 5.47. The van der Waals surface area contributed by atoms with Gasteiger partial charge in [-0.3, -0.25) is 4.98 Å². The number of rotatable bonds is 7. The van der Waals surface area contributed by atoms with Crippen LogP contribution in [0.25, 0.3) is 0 Å². The lowest BCUT2D eigenvalue weighted by molar-refractivity contribution is 0.577. The van der Waals surface area contributed by atoms with Crippen molar-refractivity contribution in [2.24, 2.45) is 0 Å². The molecular formula is C18H25N3. The molecule has 1 atom stereocenters. The second kappa shape index (κ2) is 7.79. The van der Waals surface area contributed by atoms with Gasteiger partial charge in [-0.25, -0.2) is 0 Å². The predicted octanol–water partition coefficient (Wildman–Crippen LogP) is 3.43. The molecule has 1 heterocycles. The third-order valence-electron chi connectivity index (χ3n) is 3.98. The zero-order valence-electron chi connectivity index (χ0n) is 13.2. The average molecular weight is 283 g/mol. The molecule has 0 amide bonds. The van der Waals surface area contributed by atoms with E-state index in [1.807, 2.05) is 19.4 Å². The van der Waals surface area contributed by atoms with Crippen molar-refractivity contribution in [1.82, 2.24) is 10.3 Å². The Hall–Kier alpha value is -1.87. The molecule has 1 aromatic heterocycles. The smallest absolute Gasteiger partial charge is 0.0363 e. The highest BCUT2D eigenvalue weighted by atomic mass is 15.1. The van der Waals surface area contributed by atoms with E-state index in [0.717, 1.165) is 19.4 Å². The predicted molar refractivity (Wildman–Crippen MR) is 89.7 cm³/mol. The van der Waals surface area contributed by atoms with E-state index in [0.29, 0.717) is 6.04 Å². The lowest BCUT2D eigenvalue weighted by atomic mass is 10.0. The Balaban J connectivity index is 1.95. The van der Waals surface area contributed by atoms with Gasteiger partial charge in [-0.1, -0.05) is 19.1 Å². The minimum Gasteiger partial charge on any atom is -0.374 e. The molecule has 0 aliphatic rings. The third-order valence-corrected chi connectivity index (χ3v) is 3.98. The molecule has 3 nitrogen and oxygen atoms in total. The van der Waals surface area contributed by atoms with Gasteiger partial charge in [-0.05, 0) is 55.3 Å². The van der Waals surface area contributed by atoms with Gasteiger partial charge in [0, 0.05) is 37.7 Å². The number of aromatic nitrogens is 1. The summed E-state index contributed by atoms with van der Waals surface area (Å²) in [6.45, 7) is 3.21. The van der Waals surface area contributed by atoms with Crippen molar-refractivity contribution in [2.45, 2.75) is 25.8 Å². The topological polar surface area (TPSA) is 28.2 Å². The Morgan fingerprint density at radius 1 is 1.10 bits per heavy atom. The molecule has 0 saturated heterocycles. The van der Waals surface area contributed by atoms with Gasteiger partial charge in [-0.2, -0.15) is 0 Å². The van der Waals surface area contributed by atoms with Crippen molar-refractivity contribution in [3.63, 3.8) is 0 Å². The third kappa shape index (κ3) is 4.30. The second-order valence-corrected chi connectivity index (χ2v) is 5.37. The van der Waals surface area contributed by atoms with E-state index in [-0.39, 0.29) is 0 Å². The fourth-order valence-corrected chi connectivity index (χ4v) is 2.54. The molecule has 1 aromatic carbocycles. The number of hydrogen-bond acceptors (Lipinski definition) is 3. The first-order valence-corrected chi connectivity index (χ1v) is 7.62. The van der Waals surface area contributed by atoms with Gasteiger partial charge in [0.2, 0.25) is 0 Å². The highest BCUT2D eigenvalue weighted by Gasteiger charge is 2.07. The Morgan fingerprint density at radius 2 is 1.76 bits per heavy atom. The SMILES string of the molecule is CCC(NC)c1ccc(N(C)CCc2ccncc2)cc1. The summed E-state index contributed by atoms with van der Waals surface area (Å²) in [5.41, 5.74) is 3.94. The van der Waals surface area contributed by atoms with E-state index in [9.17, 15) is 0 Å². The van der Waals surface area contributed by atoms with Crippen molar-refractivity contribution in [2.75, 3.05) is 25.5 Å². The number of likely N-dealkylation sites (N-methyl/N-ethyl adjacent to an activating group) is 1. The molecule has 0 saturated carbocycles. The molecule has 2 rings (SSSR count). The summed E-state index contributed by atoms with van der Waals surface area (Å²) in [6.07, 6.45) is 5.85. The van der Waals surface area contributed by atoms with Crippen LogP contribution < -0.4 is 10.2 Å². The summed E-state index contributed by atoms with van der Waals surface area (Å²) >= 11 is 0. The molecule has 0 bridgehead atoms. The van der Waals surface area contributed by atoms with Gasteiger partial charge >= 0.3 is 0 Å². The van der Waals surface area contributed by atoms with Gasteiger partial charge in [0.25, 0.3) is 0 Å². The quantitative estimate of drug-likeness (QED) is 0.844. The number of nitrogens with one attached hydrogen (secondary N) is 1. The van der Waals surface area contributed by atoms with E-state index in [1.54, 1.807) is 0 Å². The van der Waals surface area contributed by atoms with Crippen LogP contribution in [0, 0.1) is 0 Å². The van der Waals surface area contributed by atoms with Crippen LogP contribution in [0.5, 0.6) is 0 Å². The number of nitrogens with zero attached hydrogens (tertiary/aromatic N) is 2. The average Bonchev–Trinajstić information content (AvgIpc) is 2.55. The normalized spacial score (nSPS) is 12.1. The summed E-state index contributed by atoms with van der Waals surface area (Å²) < 4.78 is 0. The molecule has 0 radical (unpaired) electrons. The van der Waals surface area contributed by atoms with Crippen molar-refractivity contribution in [1.29, 1.82) is 0 Å². The van der Waals surface area contributed by atoms with E-state index in [4.69, 9.17) is 0 Å². The molecule has 21 heavy (non-hydrogen) atoms. The Bertz CT molecular complexity index is 518. The molecule has 1 N–H and O–H groups in total. The van der Waals surface area contributed by atoms with Crippen LogP contribution in [0.4, 0.5) is 5.69 Å². The zero-order valence-corrected chi connectivity index (χ0v) is 13.2. The standard InChI is InChI=1S/C18H25N3/c1-4-18(19-2)16-5-7-17(8-6-16)21(3)14-11-15-9-12-20-13-10-15/h5-10,12-13,18-19H,4,11,14H2,1-3H3. The second-order valence-electron chi connectivity index (χ2n) is 5.37. The lowest BCUT2D eigenvalue weighted by Gasteiger charge is -2.21. The zero-order chi connectivity index (χ0) is 15.1. The number of benzene rings is 1. The Labute approximate surface area is 128 Å². The molecule has 0 aliphatic heterocycles. The fraction of sp³-hybridized carbons (Fsp3) is 0.389. The van der Waals surface area contributed by atoms with Gasteiger partial charge in [0.1, 0.15) is 0 Å². The van der Waals surface area contributed by atoms with E-state index in [1.165, 1.54) is 16.8 Å². The Kier molecular flexibility index (Phi) is 5.76. The van der Waals surface area contributed by atoms with Crippen LogP contribution in [-0.2, 0) is 6.42 Å². The maximum Gasteiger partial charge on any atom is 0.0363 e. The van der Waals surface area contributed by atoms with E-state index in [2.05, 4.69) is 65.6 Å². The molecule has 112 valence electrons. The first-order chi connectivity index (χ1) is 10.2. The maximum atomic E-state index is 4.05. The van der Waals surface area contributed by atoms with Crippen LogP contribution in [0.3, 0.4) is 0 Å². The van der Waals surface area contributed by atoms with Gasteiger partial charge < -0.3 is 10.2 Å². The summed E-state index contributed by atoms with van der Waals surface area (Å²) in [5, 5.41) is 3.34. The summed E-state index contributed by atoms with van der Waals surface area (Å²) in [4.78, 5) is 6.35. The van der Waals surface area contributed by atoms with Gasteiger partial charge in [-0.15, -0.1) is 0 Å². The van der Waals surface area contributed by atoms with Crippen molar-refractivity contribution >= 4 is 5.69 Å². The summed E-state index contributed by atoms with van der Waals surface area (Å²) in [5.74, 6) is 0. The molecule has 0 fully saturated rings. The molecule has 0 aliphatic carbocycles. The monoisotopic (exact) mass is 283 g/mol. The number of hydrogen-bond donors (Lipinski definition) is 1. The van der Waals surface area contributed by atoms with Crippen LogP contribution in [0.15, 0.2) is 48.8 Å². The lowest BCUT2D eigenvalue weighted by Crippen LogP contribution is -2.20. The van der Waals surface area contributed by atoms with Crippen molar-refractivity contribution in [3.05, 3.63) is 59.9 Å². The maximum absolute atomic E-state index is 4.05. The minimum absolute atomic E-state index is 0.446. The molecule has 1 unspecified atom stereocenters. The first kappa shape index (κ1) is 15.5.